The van der Waals surface area contributed by atoms with Crippen molar-refractivity contribution in [3.63, 3.8) is 0 Å². The van der Waals surface area contributed by atoms with E-state index in [0.717, 1.165) is 29.9 Å². The van der Waals surface area contributed by atoms with Gasteiger partial charge in [0.25, 0.3) is 0 Å². The van der Waals surface area contributed by atoms with Crippen molar-refractivity contribution in [2.75, 3.05) is 39.8 Å². The zero-order chi connectivity index (χ0) is 30.3. The van der Waals surface area contributed by atoms with E-state index in [0.29, 0.717) is 42.8 Å². The maximum atomic E-state index is 14.0. The number of halogens is 2. The minimum absolute atomic E-state index is 0.0197. The molecule has 6 rings (SSSR count). The number of hydrogen-bond acceptors (Lipinski definition) is 7. The van der Waals surface area contributed by atoms with E-state index in [1.54, 1.807) is 23.5 Å². The average molecular weight is 644 g/mol. The first kappa shape index (κ1) is 29.8. The maximum absolute atomic E-state index is 14.0. The third-order valence-electron chi connectivity index (χ3n) is 8.10. The molecule has 13 heteroatoms. The Morgan fingerprint density at radius 1 is 1.09 bits per heavy atom. The number of carbonyl (C=O) groups excluding carboxylic acids is 1. The molecular formula is C30H32Cl2N6O4S. The van der Waals surface area contributed by atoms with E-state index in [1.165, 1.54) is 16.4 Å². The van der Waals surface area contributed by atoms with Crippen molar-refractivity contribution in [2.24, 2.45) is 0 Å². The summed E-state index contributed by atoms with van der Waals surface area (Å²) >= 11 is 13.3. The number of sulfonamides is 1. The number of hydrogen-bond donors (Lipinski definition) is 0. The van der Waals surface area contributed by atoms with Crippen LogP contribution in [0.1, 0.15) is 24.1 Å². The highest BCUT2D eigenvalue weighted by molar-refractivity contribution is 7.89. The van der Waals surface area contributed by atoms with Gasteiger partial charge in [0, 0.05) is 66.8 Å². The van der Waals surface area contributed by atoms with Crippen LogP contribution in [-0.4, -0.2) is 88.8 Å². The number of nitrogens with zero attached hydrogens (tertiary/aromatic N) is 6. The van der Waals surface area contributed by atoms with Crippen molar-refractivity contribution in [3.8, 4) is 11.4 Å². The molecule has 1 amide bonds. The van der Waals surface area contributed by atoms with Crippen LogP contribution in [0.5, 0.6) is 5.75 Å². The molecule has 4 heterocycles. The van der Waals surface area contributed by atoms with Gasteiger partial charge in [0.05, 0.1) is 17.0 Å². The molecule has 43 heavy (non-hydrogen) atoms. The van der Waals surface area contributed by atoms with E-state index in [-0.39, 0.29) is 34.0 Å². The molecule has 0 aliphatic carbocycles. The standard InChI is InChI=1S/C30H32Cl2N6O4S/c1-20-17-25(37-12-10-33-19-37)21-5-3-7-26(29(21)34-20)42-18-22-23(31)8-9-27(28(22)32)43(40,41)38-11-4-6-24(38)30(39)36-15-13-35(2)14-16-36/h3,5,7-10,12,17,19,24H,4,6,11,13-16,18H2,1-2H3/t24-/m0/s1. The van der Waals surface area contributed by atoms with Crippen LogP contribution in [0.3, 0.4) is 0 Å². The Labute approximate surface area is 260 Å². The Morgan fingerprint density at radius 3 is 2.63 bits per heavy atom. The van der Waals surface area contributed by atoms with Gasteiger partial charge in [0.15, 0.2) is 0 Å². The Kier molecular flexibility index (Phi) is 8.36. The fraction of sp³-hybridized carbons (Fsp3) is 0.367. The van der Waals surface area contributed by atoms with Gasteiger partial charge in [-0.1, -0.05) is 35.3 Å². The van der Waals surface area contributed by atoms with Crippen molar-refractivity contribution in [2.45, 2.75) is 37.3 Å². The molecule has 2 aromatic heterocycles. The second-order valence-electron chi connectivity index (χ2n) is 10.9. The lowest BCUT2D eigenvalue weighted by Gasteiger charge is -2.35. The number of aromatic nitrogens is 3. The molecule has 2 fully saturated rings. The van der Waals surface area contributed by atoms with Gasteiger partial charge in [-0.25, -0.2) is 18.4 Å². The highest BCUT2D eigenvalue weighted by atomic mass is 35.5. The smallest absolute Gasteiger partial charge is 0.245 e. The molecule has 4 aromatic rings. The predicted octanol–water partition coefficient (Wildman–Crippen LogP) is 4.54. The van der Waals surface area contributed by atoms with E-state index >= 15 is 0 Å². The predicted molar refractivity (Wildman–Crippen MR) is 165 cm³/mol. The summed E-state index contributed by atoms with van der Waals surface area (Å²) in [6.45, 7) is 4.74. The topological polar surface area (TPSA) is 101 Å². The van der Waals surface area contributed by atoms with E-state index in [4.69, 9.17) is 32.9 Å². The number of ether oxygens (including phenoxy) is 1. The van der Waals surface area contributed by atoms with Crippen LogP contribution in [0.15, 0.2) is 60.0 Å². The quantitative estimate of drug-likeness (QED) is 0.292. The SMILES string of the molecule is Cc1cc(-n2ccnc2)c2cccc(OCc3c(Cl)ccc(S(=O)(=O)N4CCC[C@H]4C(=O)N4CCN(C)CC4)c3Cl)c2n1. The summed E-state index contributed by atoms with van der Waals surface area (Å²) in [6.07, 6.45) is 6.35. The highest BCUT2D eigenvalue weighted by Gasteiger charge is 2.42. The fourth-order valence-electron chi connectivity index (χ4n) is 5.76. The number of para-hydroxylation sites is 1. The second kappa shape index (κ2) is 12.0. The fourth-order valence-corrected chi connectivity index (χ4v) is 8.27. The summed E-state index contributed by atoms with van der Waals surface area (Å²) in [6, 6.07) is 9.74. The number of imidazole rings is 1. The number of aryl methyl sites for hydroxylation is 1. The number of piperazine rings is 1. The molecule has 0 spiro atoms. The molecule has 0 radical (unpaired) electrons. The molecule has 2 aromatic carbocycles. The van der Waals surface area contributed by atoms with E-state index in [9.17, 15) is 13.2 Å². The largest absolute Gasteiger partial charge is 0.487 e. The third kappa shape index (κ3) is 5.72. The number of pyridine rings is 1. The van der Waals surface area contributed by atoms with E-state index < -0.39 is 16.1 Å². The molecule has 2 aliphatic rings. The minimum atomic E-state index is -4.10. The van der Waals surface area contributed by atoms with Crippen molar-refractivity contribution >= 4 is 50.0 Å². The van der Waals surface area contributed by atoms with Crippen LogP contribution in [0.4, 0.5) is 0 Å². The first-order valence-corrected chi connectivity index (χ1v) is 16.3. The Bertz CT molecular complexity index is 1780. The zero-order valence-electron chi connectivity index (χ0n) is 23.9. The monoisotopic (exact) mass is 642 g/mol. The highest BCUT2D eigenvalue weighted by Crippen LogP contribution is 2.37. The van der Waals surface area contributed by atoms with Crippen molar-refractivity contribution < 1.29 is 17.9 Å². The van der Waals surface area contributed by atoms with Crippen molar-refractivity contribution in [3.05, 3.63) is 76.4 Å². The zero-order valence-corrected chi connectivity index (χ0v) is 26.2. The first-order valence-electron chi connectivity index (χ1n) is 14.1. The molecule has 0 bridgehead atoms. The van der Waals surface area contributed by atoms with Gasteiger partial charge in [0.1, 0.15) is 28.8 Å². The molecule has 1 atom stereocenters. The number of rotatable bonds is 7. The molecule has 2 saturated heterocycles. The maximum Gasteiger partial charge on any atom is 0.245 e. The van der Waals surface area contributed by atoms with Gasteiger partial charge in [-0.05, 0) is 51.1 Å². The van der Waals surface area contributed by atoms with Gasteiger partial charge >= 0.3 is 0 Å². The molecule has 0 saturated carbocycles. The lowest BCUT2D eigenvalue weighted by Crippen LogP contribution is -2.53. The molecule has 10 nitrogen and oxygen atoms in total. The number of fused-ring (bicyclic) bond motifs is 1. The second-order valence-corrected chi connectivity index (χ2v) is 13.6. The molecule has 0 N–H and O–H groups in total. The summed E-state index contributed by atoms with van der Waals surface area (Å²) in [4.78, 5) is 26.1. The number of carbonyl (C=O) groups is 1. The normalized spacial score (nSPS) is 18.4. The molecule has 2 aliphatic heterocycles. The molecule has 226 valence electrons. The summed E-state index contributed by atoms with van der Waals surface area (Å²) < 4.78 is 37.3. The Morgan fingerprint density at radius 2 is 1.88 bits per heavy atom. The first-order chi connectivity index (χ1) is 20.6. The van der Waals surface area contributed by atoms with Crippen LogP contribution >= 0.6 is 23.2 Å². The van der Waals surface area contributed by atoms with Crippen LogP contribution in [0, 0.1) is 6.92 Å². The third-order valence-corrected chi connectivity index (χ3v) is 11.0. The van der Waals surface area contributed by atoms with Crippen LogP contribution in [-0.2, 0) is 21.4 Å². The number of benzene rings is 2. The Hall–Kier alpha value is -3.22. The van der Waals surface area contributed by atoms with Crippen LogP contribution in [0.2, 0.25) is 10.0 Å². The average Bonchev–Trinajstić information content (AvgIpc) is 3.70. The van der Waals surface area contributed by atoms with Crippen molar-refractivity contribution in [1.82, 2.24) is 28.6 Å². The van der Waals surface area contributed by atoms with Gasteiger partial charge in [0.2, 0.25) is 15.9 Å². The lowest BCUT2D eigenvalue weighted by atomic mass is 10.1. The number of likely N-dealkylation sites (N-methyl/N-ethyl adjacent to an activating group) is 1. The van der Waals surface area contributed by atoms with Crippen LogP contribution < -0.4 is 4.74 Å². The van der Waals surface area contributed by atoms with Gasteiger partial charge in [-0.2, -0.15) is 4.31 Å². The van der Waals surface area contributed by atoms with E-state index in [1.807, 2.05) is 42.9 Å². The summed E-state index contributed by atoms with van der Waals surface area (Å²) in [5.74, 6) is 0.344. The number of amides is 1. The minimum Gasteiger partial charge on any atom is -0.487 e. The molecule has 0 unspecified atom stereocenters. The molecular weight excluding hydrogens is 611 g/mol. The van der Waals surface area contributed by atoms with E-state index in [2.05, 4.69) is 9.88 Å². The van der Waals surface area contributed by atoms with Gasteiger partial charge in [-0.3, -0.25) is 4.79 Å². The lowest BCUT2D eigenvalue weighted by molar-refractivity contribution is -0.136. The summed E-state index contributed by atoms with van der Waals surface area (Å²) in [5, 5.41) is 1.12. The Balaban J connectivity index is 1.28. The van der Waals surface area contributed by atoms with Crippen molar-refractivity contribution in [1.29, 1.82) is 0 Å². The van der Waals surface area contributed by atoms with Gasteiger partial charge in [-0.15, -0.1) is 0 Å². The van der Waals surface area contributed by atoms with Crippen LogP contribution in [0.25, 0.3) is 16.6 Å². The summed E-state index contributed by atoms with van der Waals surface area (Å²) in [7, 11) is -2.09. The summed E-state index contributed by atoms with van der Waals surface area (Å²) in [5.41, 5.74) is 2.68. The van der Waals surface area contributed by atoms with Gasteiger partial charge < -0.3 is 19.1 Å².